The van der Waals surface area contributed by atoms with Gasteiger partial charge in [-0.2, -0.15) is 0 Å². The molecule has 0 aromatic heterocycles. The van der Waals surface area contributed by atoms with E-state index in [9.17, 15) is 9.59 Å². The molecule has 5 nitrogen and oxygen atoms in total. The quantitative estimate of drug-likeness (QED) is 0.829. The third-order valence-corrected chi connectivity index (χ3v) is 4.12. The SMILES string of the molecule is CCCN(C(=O)N1CSCC1C(=O)O)C1CC1. The minimum atomic E-state index is -0.893. The molecule has 2 fully saturated rings. The zero-order chi connectivity index (χ0) is 12.4. The lowest BCUT2D eigenvalue weighted by atomic mass is 10.3. The highest BCUT2D eigenvalue weighted by atomic mass is 32.2. The van der Waals surface area contributed by atoms with E-state index in [-0.39, 0.29) is 6.03 Å². The van der Waals surface area contributed by atoms with Gasteiger partial charge in [0.25, 0.3) is 0 Å². The van der Waals surface area contributed by atoms with Crippen LogP contribution in [0.1, 0.15) is 26.2 Å². The largest absolute Gasteiger partial charge is 0.480 e. The first-order chi connectivity index (χ1) is 8.15. The summed E-state index contributed by atoms with van der Waals surface area (Å²) in [6.45, 7) is 2.77. The third kappa shape index (κ3) is 2.68. The molecule has 6 heteroatoms. The van der Waals surface area contributed by atoms with Gasteiger partial charge < -0.3 is 14.9 Å². The first-order valence-electron chi connectivity index (χ1n) is 6.03. The standard InChI is InChI=1S/C11H18N2O3S/c1-2-5-12(8-3-4-8)11(16)13-7-17-6-9(13)10(14)15/h8-9H,2-7H2,1H3,(H,14,15). The Labute approximate surface area is 105 Å². The molecule has 0 spiro atoms. The number of carboxylic acids is 1. The third-order valence-electron chi connectivity index (χ3n) is 3.11. The molecule has 2 aliphatic rings. The van der Waals surface area contributed by atoms with Crippen LogP contribution in [0.5, 0.6) is 0 Å². The molecule has 0 aromatic carbocycles. The van der Waals surface area contributed by atoms with Crippen molar-refractivity contribution in [2.45, 2.75) is 38.3 Å². The van der Waals surface area contributed by atoms with E-state index in [4.69, 9.17) is 5.11 Å². The Balaban J connectivity index is 2.03. The Morgan fingerprint density at radius 2 is 2.18 bits per heavy atom. The summed E-state index contributed by atoms with van der Waals surface area (Å²) in [6.07, 6.45) is 3.04. The van der Waals surface area contributed by atoms with Crippen molar-refractivity contribution in [3.8, 4) is 0 Å². The van der Waals surface area contributed by atoms with Crippen LogP contribution in [0.4, 0.5) is 4.79 Å². The molecule has 0 bridgehead atoms. The summed E-state index contributed by atoms with van der Waals surface area (Å²) >= 11 is 1.51. The van der Waals surface area contributed by atoms with Crippen molar-refractivity contribution in [3.05, 3.63) is 0 Å². The molecule has 1 saturated carbocycles. The fourth-order valence-corrected chi connectivity index (χ4v) is 3.20. The number of carboxylic acid groups (broad SMARTS) is 1. The zero-order valence-electron chi connectivity index (χ0n) is 9.96. The van der Waals surface area contributed by atoms with Crippen LogP contribution in [0.3, 0.4) is 0 Å². The fraction of sp³-hybridized carbons (Fsp3) is 0.818. The van der Waals surface area contributed by atoms with Gasteiger partial charge >= 0.3 is 12.0 Å². The number of thioether (sulfide) groups is 1. The molecule has 1 atom stereocenters. The van der Waals surface area contributed by atoms with E-state index < -0.39 is 12.0 Å². The molecule has 96 valence electrons. The Morgan fingerprint density at radius 3 is 2.71 bits per heavy atom. The van der Waals surface area contributed by atoms with Crippen LogP contribution in [-0.2, 0) is 4.79 Å². The first-order valence-corrected chi connectivity index (χ1v) is 7.18. The van der Waals surface area contributed by atoms with E-state index in [1.54, 1.807) is 0 Å². The van der Waals surface area contributed by atoms with Crippen LogP contribution in [0.15, 0.2) is 0 Å². The van der Waals surface area contributed by atoms with Gasteiger partial charge in [-0.05, 0) is 19.3 Å². The number of aliphatic carboxylic acids is 1. The maximum Gasteiger partial charge on any atom is 0.327 e. The molecule has 17 heavy (non-hydrogen) atoms. The van der Waals surface area contributed by atoms with Crippen LogP contribution in [0.2, 0.25) is 0 Å². The van der Waals surface area contributed by atoms with E-state index in [0.717, 1.165) is 25.8 Å². The van der Waals surface area contributed by atoms with Gasteiger partial charge in [-0.1, -0.05) is 6.92 Å². The van der Waals surface area contributed by atoms with Crippen LogP contribution >= 0.6 is 11.8 Å². The predicted molar refractivity (Wildman–Crippen MR) is 66.0 cm³/mol. The molecule has 0 aromatic rings. The maximum absolute atomic E-state index is 12.3. The average Bonchev–Trinajstić information content (AvgIpc) is 3.00. The highest BCUT2D eigenvalue weighted by molar-refractivity contribution is 7.99. The molecular weight excluding hydrogens is 240 g/mol. The van der Waals surface area contributed by atoms with E-state index in [0.29, 0.717) is 17.7 Å². The Kier molecular flexibility index (Phi) is 3.81. The number of carbonyl (C=O) groups is 2. The molecule has 1 aliphatic heterocycles. The van der Waals surface area contributed by atoms with Crippen LogP contribution in [0, 0.1) is 0 Å². The van der Waals surface area contributed by atoms with E-state index in [1.165, 1.54) is 16.7 Å². The molecule has 1 unspecified atom stereocenters. The van der Waals surface area contributed by atoms with E-state index in [1.807, 2.05) is 11.8 Å². The van der Waals surface area contributed by atoms with Crippen LogP contribution in [-0.4, -0.2) is 57.2 Å². The number of rotatable bonds is 4. The fourth-order valence-electron chi connectivity index (χ4n) is 2.06. The van der Waals surface area contributed by atoms with Crippen molar-refractivity contribution in [1.82, 2.24) is 9.80 Å². The second-order valence-electron chi connectivity index (χ2n) is 4.53. The van der Waals surface area contributed by atoms with Gasteiger partial charge in [0.2, 0.25) is 0 Å². The Bertz CT molecular complexity index is 320. The van der Waals surface area contributed by atoms with Gasteiger partial charge in [-0.3, -0.25) is 0 Å². The smallest absolute Gasteiger partial charge is 0.327 e. The topological polar surface area (TPSA) is 60.9 Å². The number of hydrogen-bond donors (Lipinski definition) is 1. The normalized spacial score (nSPS) is 23.8. The number of urea groups is 1. The molecule has 1 N–H and O–H groups in total. The summed E-state index contributed by atoms with van der Waals surface area (Å²) in [5, 5.41) is 9.07. The van der Waals surface area contributed by atoms with E-state index in [2.05, 4.69) is 0 Å². The van der Waals surface area contributed by atoms with Crippen molar-refractivity contribution in [2.24, 2.45) is 0 Å². The predicted octanol–water partition coefficient (Wildman–Crippen LogP) is 1.44. The highest BCUT2D eigenvalue weighted by Gasteiger charge is 2.40. The maximum atomic E-state index is 12.3. The summed E-state index contributed by atoms with van der Waals surface area (Å²) in [6, 6.07) is -0.389. The summed E-state index contributed by atoms with van der Waals surface area (Å²) < 4.78 is 0. The lowest BCUT2D eigenvalue weighted by Gasteiger charge is -2.29. The number of carbonyl (C=O) groups excluding carboxylic acids is 1. The van der Waals surface area contributed by atoms with Gasteiger partial charge in [0.15, 0.2) is 0 Å². The summed E-state index contributed by atoms with van der Waals surface area (Å²) in [4.78, 5) is 26.7. The minimum absolute atomic E-state index is 0.0910. The summed E-state index contributed by atoms with van der Waals surface area (Å²) in [5.74, 6) is 0.115. The van der Waals surface area contributed by atoms with Crippen molar-refractivity contribution < 1.29 is 14.7 Å². The molecule has 1 saturated heterocycles. The number of amides is 2. The first kappa shape index (κ1) is 12.5. The Hall–Kier alpha value is -0.910. The zero-order valence-corrected chi connectivity index (χ0v) is 10.8. The monoisotopic (exact) mass is 258 g/mol. The van der Waals surface area contributed by atoms with E-state index >= 15 is 0 Å². The number of nitrogens with zero attached hydrogens (tertiary/aromatic N) is 2. The Morgan fingerprint density at radius 1 is 1.47 bits per heavy atom. The lowest BCUT2D eigenvalue weighted by Crippen LogP contribution is -2.49. The molecule has 1 aliphatic carbocycles. The number of hydrogen-bond acceptors (Lipinski definition) is 3. The second-order valence-corrected chi connectivity index (χ2v) is 5.53. The molecule has 2 rings (SSSR count). The molecule has 0 radical (unpaired) electrons. The molecule has 1 heterocycles. The summed E-state index contributed by atoms with van der Waals surface area (Å²) in [7, 11) is 0. The highest BCUT2D eigenvalue weighted by Crippen LogP contribution is 2.30. The second kappa shape index (κ2) is 5.16. The van der Waals surface area contributed by atoms with Gasteiger partial charge in [0, 0.05) is 18.3 Å². The van der Waals surface area contributed by atoms with Gasteiger partial charge in [-0.15, -0.1) is 11.8 Å². The van der Waals surface area contributed by atoms with Crippen molar-refractivity contribution >= 4 is 23.8 Å². The van der Waals surface area contributed by atoms with Crippen molar-refractivity contribution in [3.63, 3.8) is 0 Å². The average molecular weight is 258 g/mol. The minimum Gasteiger partial charge on any atom is -0.480 e. The van der Waals surface area contributed by atoms with Gasteiger partial charge in [0.1, 0.15) is 6.04 Å². The lowest BCUT2D eigenvalue weighted by molar-refractivity contribution is -0.140. The van der Waals surface area contributed by atoms with Gasteiger partial charge in [-0.25, -0.2) is 9.59 Å². The summed E-state index contributed by atoms with van der Waals surface area (Å²) in [5.41, 5.74) is 0. The van der Waals surface area contributed by atoms with Crippen molar-refractivity contribution in [1.29, 1.82) is 0 Å². The van der Waals surface area contributed by atoms with Gasteiger partial charge in [0.05, 0.1) is 5.88 Å². The molecule has 2 amide bonds. The van der Waals surface area contributed by atoms with Crippen LogP contribution in [0.25, 0.3) is 0 Å². The molecular formula is C11H18N2O3S. The van der Waals surface area contributed by atoms with Crippen molar-refractivity contribution in [2.75, 3.05) is 18.2 Å². The van der Waals surface area contributed by atoms with Crippen LogP contribution < -0.4 is 0 Å².